The van der Waals surface area contributed by atoms with Crippen molar-refractivity contribution in [1.29, 1.82) is 0 Å². The zero-order chi connectivity index (χ0) is 22.4. The third-order valence-electron chi connectivity index (χ3n) is 4.79. The Morgan fingerprint density at radius 3 is 2.61 bits per heavy atom. The predicted molar refractivity (Wildman–Crippen MR) is 122 cm³/mol. The van der Waals surface area contributed by atoms with E-state index in [0.29, 0.717) is 27.9 Å². The largest absolute Gasteiger partial charge is 0.441 e. The van der Waals surface area contributed by atoms with E-state index < -0.39 is 21.5 Å². The van der Waals surface area contributed by atoms with Crippen LogP contribution in [0.25, 0.3) is 11.5 Å². The van der Waals surface area contributed by atoms with Gasteiger partial charge in [-0.3, -0.25) is 4.79 Å². The first-order valence-electron chi connectivity index (χ1n) is 9.98. The average molecular weight is 461 g/mol. The maximum Gasteiger partial charge on any atom is 0.235 e. The molecular formula is C23H25ClN2O4S. The average Bonchev–Trinajstić information content (AvgIpc) is 3.06. The smallest absolute Gasteiger partial charge is 0.235 e. The SMILES string of the molecule is Cc1oc(-c2cccc(Cl)c2)nc1CS(=O)(=O)CC(=O)NC(C)CCc1ccccc1. The van der Waals surface area contributed by atoms with Gasteiger partial charge in [0.2, 0.25) is 11.8 Å². The van der Waals surface area contributed by atoms with E-state index in [9.17, 15) is 13.2 Å². The minimum Gasteiger partial charge on any atom is -0.441 e. The third-order valence-corrected chi connectivity index (χ3v) is 6.44. The second-order valence-corrected chi connectivity index (χ2v) is 10.1. The number of rotatable bonds is 9. The second-order valence-electron chi connectivity index (χ2n) is 7.56. The lowest BCUT2D eigenvalue weighted by molar-refractivity contribution is -0.119. The van der Waals surface area contributed by atoms with Crippen LogP contribution in [0.3, 0.4) is 0 Å². The molecule has 31 heavy (non-hydrogen) atoms. The number of aryl methyl sites for hydroxylation is 2. The van der Waals surface area contributed by atoms with Crippen molar-refractivity contribution in [2.24, 2.45) is 0 Å². The normalized spacial score (nSPS) is 12.5. The third kappa shape index (κ3) is 6.94. The molecule has 0 radical (unpaired) electrons. The highest BCUT2D eigenvalue weighted by Crippen LogP contribution is 2.25. The second kappa shape index (κ2) is 10.1. The van der Waals surface area contributed by atoms with Crippen LogP contribution in [0.5, 0.6) is 0 Å². The maximum atomic E-state index is 12.6. The zero-order valence-corrected chi connectivity index (χ0v) is 19.0. The molecule has 0 bridgehead atoms. The monoisotopic (exact) mass is 460 g/mol. The maximum absolute atomic E-state index is 12.6. The van der Waals surface area contributed by atoms with Crippen molar-refractivity contribution in [3.8, 4) is 11.5 Å². The van der Waals surface area contributed by atoms with E-state index in [2.05, 4.69) is 10.3 Å². The van der Waals surface area contributed by atoms with Gasteiger partial charge < -0.3 is 9.73 Å². The summed E-state index contributed by atoms with van der Waals surface area (Å²) in [6.45, 7) is 3.52. The van der Waals surface area contributed by atoms with Crippen molar-refractivity contribution >= 4 is 27.3 Å². The summed E-state index contributed by atoms with van der Waals surface area (Å²) in [5.41, 5.74) is 2.12. The molecule has 0 aliphatic rings. The van der Waals surface area contributed by atoms with Gasteiger partial charge >= 0.3 is 0 Å². The first kappa shape index (κ1) is 23.0. The summed E-state index contributed by atoms with van der Waals surface area (Å²) in [6, 6.07) is 16.8. The Morgan fingerprint density at radius 2 is 1.90 bits per heavy atom. The van der Waals surface area contributed by atoms with Crippen molar-refractivity contribution in [3.63, 3.8) is 0 Å². The molecule has 0 fully saturated rings. The minimum atomic E-state index is -3.71. The Balaban J connectivity index is 1.56. The van der Waals surface area contributed by atoms with Gasteiger partial charge in [0.15, 0.2) is 9.84 Å². The van der Waals surface area contributed by atoms with Crippen LogP contribution in [0.4, 0.5) is 0 Å². The van der Waals surface area contributed by atoms with Crippen molar-refractivity contribution < 1.29 is 17.6 Å². The Labute approximate surface area is 187 Å². The molecule has 1 N–H and O–H groups in total. The van der Waals surface area contributed by atoms with Gasteiger partial charge in [0.1, 0.15) is 11.5 Å². The number of carbonyl (C=O) groups excluding carboxylic acids is 1. The summed E-state index contributed by atoms with van der Waals surface area (Å²) in [7, 11) is -3.71. The number of halogens is 1. The van der Waals surface area contributed by atoms with Gasteiger partial charge in [-0.1, -0.05) is 48.0 Å². The Kier molecular flexibility index (Phi) is 7.51. The van der Waals surface area contributed by atoms with Crippen LogP contribution in [-0.4, -0.2) is 31.1 Å². The van der Waals surface area contributed by atoms with E-state index in [1.165, 1.54) is 5.56 Å². The zero-order valence-electron chi connectivity index (χ0n) is 17.5. The molecule has 0 aliphatic carbocycles. The van der Waals surface area contributed by atoms with Crippen LogP contribution in [0.2, 0.25) is 5.02 Å². The molecule has 6 nitrogen and oxygen atoms in total. The van der Waals surface area contributed by atoms with Crippen molar-refractivity contribution in [3.05, 3.63) is 76.6 Å². The first-order chi connectivity index (χ1) is 14.7. The number of nitrogens with zero attached hydrogens (tertiary/aromatic N) is 1. The number of hydrogen-bond acceptors (Lipinski definition) is 5. The van der Waals surface area contributed by atoms with Crippen LogP contribution in [-0.2, 0) is 26.8 Å². The van der Waals surface area contributed by atoms with E-state index in [0.717, 1.165) is 12.8 Å². The molecule has 0 saturated heterocycles. The molecular weight excluding hydrogens is 436 g/mol. The molecule has 3 rings (SSSR count). The summed E-state index contributed by atoms with van der Waals surface area (Å²) in [5, 5.41) is 3.30. The molecule has 1 atom stereocenters. The highest BCUT2D eigenvalue weighted by atomic mass is 35.5. The van der Waals surface area contributed by atoms with Crippen LogP contribution >= 0.6 is 11.6 Å². The fourth-order valence-electron chi connectivity index (χ4n) is 3.18. The summed E-state index contributed by atoms with van der Waals surface area (Å²) in [6.07, 6.45) is 1.53. The summed E-state index contributed by atoms with van der Waals surface area (Å²) in [5.74, 6) is -0.785. The van der Waals surface area contributed by atoms with E-state index >= 15 is 0 Å². The van der Waals surface area contributed by atoms with Crippen LogP contribution in [0.15, 0.2) is 59.0 Å². The quantitative estimate of drug-likeness (QED) is 0.512. The first-order valence-corrected chi connectivity index (χ1v) is 12.2. The van der Waals surface area contributed by atoms with Crippen molar-refractivity contribution in [2.75, 3.05) is 5.75 Å². The molecule has 1 amide bonds. The number of hydrogen-bond donors (Lipinski definition) is 1. The summed E-state index contributed by atoms with van der Waals surface area (Å²) >= 11 is 5.99. The standard InChI is InChI=1S/C23H25ClN2O4S/c1-16(11-12-18-7-4-3-5-8-18)25-22(27)15-31(28,29)14-21-17(2)30-23(26-21)19-9-6-10-20(24)13-19/h3-10,13,16H,11-12,14-15H2,1-2H3,(H,25,27). The van der Waals surface area contributed by atoms with Gasteiger partial charge in [-0.05, 0) is 50.5 Å². The Morgan fingerprint density at radius 1 is 1.16 bits per heavy atom. The van der Waals surface area contributed by atoms with Crippen molar-refractivity contribution in [1.82, 2.24) is 10.3 Å². The molecule has 1 unspecified atom stereocenters. The minimum absolute atomic E-state index is 0.133. The van der Waals surface area contributed by atoms with Gasteiger partial charge in [0.05, 0.1) is 11.4 Å². The molecule has 0 aliphatic heterocycles. The number of benzene rings is 2. The highest BCUT2D eigenvalue weighted by molar-refractivity contribution is 7.91. The molecule has 1 heterocycles. The van der Waals surface area contributed by atoms with E-state index in [1.54, 1.807) is 31.2 Å². The summed E-state index contributed by atoms with van der Waals surface area (Å²) < 4.78 is 30.7. The van der Waals surface area contributed by atoms with E-state index in [1.807, 2.05) is 37.3 Å². The fourth-order valence-corrected chi connectivity index (χ4v) is 4.64. The van der Waals surface area contributed by atoms with Gasteiger partial charge in [0.25, 0.3) is 0 Å². The molecule has 1 aromatic heterocycles. The number of amides is 1. The predicted octanol–water partition coefficient (Wildman–Crippen LogP) is 4.36. The van der Waals surface area contributed by atoms with Gasteiger partial charge in [-0.2, -0.15) is 0 Å². The summed E-state index contributed by atoms with van der Waals surface area (Å²) in [4.78, 5) is 16.6. The van der Waals surface area contributed by atoms with Gasteiger partial charge in [-0.25, -0.2) is 13.4 Å². The van der Waals surface area contributed by atoms with E-state index in [4.69, 9.17) is 16.0 Å². The molecule has 8 heteroatoms. The molecule has 2 aromatic carbocycles. The molecule has 3 aromatic rings. The molecule has 164 valence electrons. The lowest BCUT2D eigenvalue weighted by Gasteiger charge is -2.14. The van der Waals surface area contributed by atoms with Gasteiger partial charge in [-0.15, -0.1) is 0 Å². The number of oxazole rings is 1. The fraction of sp³-hybridized carbons (Fsp3) is 0.304. The number of sulfone groups is 1. The number of carbonyl (C=O) groups is 1. The number of nitrogens with one attached hydrogen (secondary N) is 1. The Hall–Kier alpha value is -2.64. The topological polar surface area (TPSA) is 89.3 Å². The molecule has 0 saturated carbocycles. The van der Waals surface area contributed by atoms with Crippen molar-refractivity contribution in [2.45, 2.75) is 38.5 Å². The lowest BCUT2D eigenvalue weighted by atomic mass is 10.1. The van der Waals surface area contributed by atoms with Crippen LogP contribution < -0.4 is 5.32 Å². The van der Waals surface area contributed by atoms with Crippen LogP contribution in [0, 0.1) is 6.92 Å². The number of aromatic nitrogens is 1. The highest BCUT2D eigenvalue weighted by Gasteiger charge is 2.23. The van der Waals surface area contributed by atoms with E-state index in [-0.39, 0.29) is 11.8 Å². The van der Waals surface area contributed by atoms with Crippen LogP contribution in [0.1, 0.15) is 30.4 Å². The Bertz CT molecular complexity index is 1140. The lowest BCUT2D eigenvalue weighted by Crippen LogP contribution is -2.37. The van der Waals surface area contributed by atoms with Gasteiger partial charge in [0, 0.05) is 16.6 Å². The molecule has 0 spiro atoms.